The van der Waals surface area contributed by atoms with Gasteiger partial charge < -0.3 is 0 Å². The lowest BCUT2D eigenvalue weighted by Gasteiger charge is -2.28. The summed E-state index contributed by atoms with van der Waals surface area (Å²) in [6.07, 6.45) is 9.42. The number of hydrogen-bond acceptors (Lipinski definition) is 0. The monoisotopic (exact) mass is 148 g/mol. The molecule has 0 amide bonds. The molecule has 3 aliphatic carbocycles. The normalized spacial score (nSPS) is 58.8. The van der Waals surface area contributed by atoms with Gasteiger partial charge in [-0.05, 0) is 48.9 Å². The van der Waals surface area contributed by atoms with Gasteiger partial charge in [0.05, 0.1) is 0 Å². The van der Waals surface area contributed by atoms with Crippen molar-refractivity contribution in [3.8, 4) is 0 Å². The molecule has 2 bridgehead atoms. The molecule has 0 radical (unpaired) electrons. The van der Waals surface area contributed by atoms with Gasteiger partial charge in [-0.2, -0.15) is 0 Å². The molecular weight excluding hydrogens is 132 g/mol. The Morgan fingerprint density at radius 2 is 2.09 bits per heavy atom. The van der Waals surface area contributed by atoms with E-state index in [2.05, 4.69) is 19.1 Å². The number of hydrogen-bond donors (Lipinski definition) is 0. The van der Waals surface area contributed by atoms with Crippen LogP contribution in [0.4, 0.5) is 0 Å². The summed E-state index contributed by atoms with van der Waals surface area (Å²) in [4.78, 5) is 0. The van der Waals surface area contributed by atoms with Gasteiger partial charge in [0.15, 0.2) is 0 Å². The molecule has 2 saturated carbocycles. The molecule has 60 valence electrons. The summed E-state index contributed by atoms with van der Waals surface area (Å²) in [5.74, 6) is 5.29. The van der Waals surface area contributed by atoms with E-state index >= 15 is 0 Å². The fourth-order valence-electron chi connectivity index (χ4n) is 3.88. The van der Waals surface area contributed by atoms with E-state index in [4.69, 9.17) is 0 Å². The van der Waals surface area contributed by atoms with Gasteiger partial charge in [-0.15, -0.1) is 0 Å². The van der Waals surface area contributed by atoms with Crippen LogP contribution in [0.1, 0.15) is 26.2 Å². The van der Waals surface area contributed by atoms with Gasteiger partial charge in [-0.1, -0.05) is 19.1 Å². The minimum Gasteiger partial charge on any atom is -0.0879 e. The van der Waals surface area contributed by atoms with Crippen molar-refractivity contribution in [2.45, 2.75) is 26.2 Å². The van der Waals surface area contributed by atoms with Gasteiger partial charge in [0.1, 0.15) is 0 Å². The zero-order valence-corrected chi connectivity index (χ0v) is 7.16. The summed E-state index contributed by atoms with van der Waals surface area (Å²) in [6.45, 7) is 2.45. The lowest BCUT2D eigenvalue weighted by atomic mass is 9.76. The average molecular weight is 148 g/mol. The number of allylic oxidation sites excluding steroid dienone is 2. The summed E-state index contributed by atoms with van der Waals surface area (Å²) >= 11 is 0. The van der Waals surface area contributed by atoms with Crippen LogP contribution in [0.15, 0.2) is 12.2 Å². The molecule has 5 atom stereocenters. The molecular formula is C11H16. The highest BCUT2D eigenvalue weighted by Crippen LogP contribution is 2.58. The van der Waals surface area contributed by atoms with Crippen molar-refractivity contribution in [2.75, 3.05) is 0 Å². The Hall–Kier alpha value is -0.260. The van der Waals surface area contributed by atoms with Gasteiger partial charge in [-0.3, -0.25) is 0 Å². The number of fused-ring (bicyclic) bond motifs is 5. The Morgan fingerprint density at radius 1 is 1.18 bits per heavy atom. The van der Waals surface area contributed by atoms with Crippen LogP contribution in [0.5, 0.6) is 0 Å². The maximum absolute atomic E-state index is 2.50. The molecule has 3 aliphatic rings. The van der Waals surface area contributed by atoms with Gasteiger partial charge >= 0.3 is 0 Å². The zero-order chi connectivity index (χ0) is 7.42. The zero-order valence-electron chi connectivity index (χ0n) is 7.16. The first kappa shape index (κ1) is 6.28. The third-order valence-electron chi connectivity index (χ3n) is 4.34. The van der Waals surface area contributed by atoms with Crippen LogP contribution >= 0.6 is 0 Å². The summed E-state index contributed by atoms with van der Waals surface area (Å²) in [6, 6.07) is 0. The van der Waals surface area contributed by atoms with Crippen molar-refractivity contribution < 1.29 is 0 Å². The van der Waals surface area contributed by atoms with Gasteiger partial charge in [-0.25, -0.2) is 0 Å². The van der Waals surface area contributed by atoms with E-state index in [9.17, 15) is 0 Å². The largest absolute Gasteiger partial charge is 0.0879 e. The van der Waals surface area contributed by atoms with Crippen molar-refractivity contribution in [2.24, 2.45) is 29.6 Å². The molecule has 0 heterocycles. The van der Waals surface area contributed by atoms with Gasteiger partial charge in [0.25, 0.3) is 0 Å². The first-order valence-electron chi connectivity index (χ1n) is 5.03. The van der Waals surface area contributed by atoms with Gasteiger partial charge in [0, 0.05) is 0 Å². The molecule has 11 heavy (non-hydrogen) atoms. The molecule has 0 heteroatoms. The smallest absolute Gasteiger partial charge is 0.0169 e. The molecule has 3 rings (SSSR count). The van der Waals surface area contributed by atoms with E-state index < -0.39 is 0 Å². The molecule has 0 nitrogen and oxygen atoms in total. The summed E-state index contributed by atoms with van der Waals surface area (Å²) in [7, 11) is 0. The second kappa shape index (κ2) is 1.91. The summed E-state index contributed by atoms with van der Waals surface area (Å²) < 4.78 is 0. The second-order valence-corrected chi connectivity index (χ2v) is 4.78. The van der Waals surface area contributed by atoms with Crippen LogP contribution < -0.4 is 0 Å². The van der Waals surface area contributed by atoms with Crippen LogP contribution in [0.3, 0.4) is 0 Å². The summed E-state index contributed by atoms with van der Waals surface area (Å²) in [5.41, 5.74) is 0. The standard InChI is InChI=1S/C11H16/c1-7-5-8-6-11(7)10-4-2-3-9(8)10/h2,4,7-11H,3,5-6H2,1H3. The maximum atomic E-state index is 2.50. The minimum absolute atomic E-state index is 1.00. The third kappa shape index (κ3) is 0.660. The maximum Gasteiger partial charge on any atom is -0.0169 e. The molecule has 0 saturated heterocycles. The van der Waals surface area contributed by atoms with Crippen LogP contribution in [0.25, 0.3) is 0 Å². The molecule has 0 aromatic heterocycles. The third-order valence-corrected chi connectivity index (χ3v) is 4.34. The second-order valence-electron chi connectivity index (χ2n) is 4.78. The highest BCUT2D eigenvalue weighted by molar-refractivity contribution is 5.13. The lowest BCUT2D eigenvalue weighted by molar-refractivity contribution is 0.225. The van der Waals surface area contributed by atoms with Crippen molar-refractivity contribution >= 4 is 0 Å². The van der Waals surface area contributed by atoms with Crippen LogP contribution in [-0.2, 0) is 0 Å². The lowest BCUT2D eigenvalue weighted by Crippen LogP contribution is -2.22. The highest BCUT2D eigenvalue weighted by atomic mass is 14.5. The molecule has 0 N–H and O–H groups in total. The first-order chi connectivity index (χ1) is 5.36. The molecule has 0 aromatic carbocycles. The van der Waals surface area contributed by atoms with E-state index in [1.54, 1.807) is 6.42 Å². The minimum atomic E-state index is 1.00. The Morgan fingerprint density at radius 3 is 3.00 bits per heavy atom. The predicted molar refractivity (Wildman–Crippen MR) is 46.1 cm³/mol. The Bertz CT molecular complexity index is 204. The van der Waals surface area contributed by atoms with Gasteiger partial charge in [0.2, 0.25) is 0 Å². The average Bonchev–Trinajstić information content (AvgIpc) is 2.52. The topological polar surface area (TPSA) is 0 Å². The van der Waals surface area contributed by atoms with E-state index in [-0.39, 0.29) is 0 Å². The Balaban J connectivity index is 1.94. The van der Waals surface area contributed by atoms with E-state index in [0.717, 1.165) is 29.6 Å². The SMILES string of the molecule is CC1CC2CC1C1C=CCC21. The Kier molecular flexibility index (Phi) is 1.09. The van der Waals surface area contributed by atoms with E-state index in [0.29, 0.717) is 0 Å². The van der Waals surface area contributed by atoms with Crippen molar-refractivity contribution in [1.29, 1.82) is 0 Å². The predicted octanol–water partition coefficient (Wildman–Crippen LogP) is 2.85. The Labute approximate surface area is 68.7 Å². The van der Waals surface area contributed by atoms with Crippen molar-refractivity contribution in [3.05, 3.63) is 12.2 Å². The van der Waals surface area contributed by atoms with Crippen LogP contribution in [0, 0.1) is 29.6 Å². The fourth-order valence-corrected chi connectivity index (χ4v) is 3.88. The van der Waals surface area contributed by atoms with Crippen molar-refractivity contribution in [3.63, 3.8) is 0 Å². The van der Waals surface area contributed by atoms with E-state index in [1.165, 1.54) is 12.8 Å². The quantitative estimate of drug-likeness (QED) is 0.463. The summed E-state index contributed by atoms with van der Waals surface area (Å²) in [5, 5.41) is 0. The number of rotatable bonds is 0. The first-order valence-corrected chi connectivity index (χ1v) is 5.03. The molecule has 0 aromatic rings. The molecule has 5 unspecified atom stereocenters. The van der Waals surface area contributed by atoms with Crippen LogP contribution in [0.2, 0.25) is 0 Å². The molecule has 2 fully saturated rings. The van der Waals surface area contributed by atoms with Crippen molar-refractivity contribution in [1.82, 2.24) is 0 Å². The molecule has 0 spiro atoms. The molecule has 0 aliphatic heterocycles. The fraction of sp³-hybridized carbons (Fsp3) is 0.818. The highest BCUT2D eigenvalue weighted by Gasteiger charge is 2.50. The van der Waals surface area contributed by atoms with Crippen LogP contribution in [-0.4, -0.2) is 0 Å². The van der Waals surface area contributed by atoms with E-state index in [1.807, 2.05) is 0 Å².